The van der Waals surface area contributed by atoms with Crippen LogP contribution in [-0.4, -0.2) is 66.1 Å². The van der Waals surface area contributed by atoms with Gasteiger partial charge in [0.15, 0.2) is 5.82 Å². The molecule has 2 bridgehead atoms. The van der Waals surface area contributed by atoms with Gasteiger partial charge in [-0.25, -0.2) is 9.97 Å². The molecule has 3 aliphatic heterocycles. The number of rotatable bonds is 2. The molecule has 3 fully saturated rings. The van der Waals surface area contributed by atoms with Crippen LogP contribution in [0.5, 0.6) is 0 Å². The van der Waals surface area contributed by atoms with E-state index in [2.05, 4.69) is 19.4 Å². The van der Waals surface area contributed by atoms with E-state index < -0.39 is 0 Å². The van der Waals surface area contributed by atoms with Crippen molar-refractivity contribution in [2.75, 3.05) is 49.3 Å². The van der Waals surface area contributed by atoms with E-state index in [1.807, 2.05) is 13.1 Å². The Kier molecular flexibility index (Phi) is 3.36. The molecule has 3 aliphatic rings. The SMILES string of the molecule is Cn1c(N2CCOCC2)nc2c(N3C[C@H]4C[C@@H]3CO4)nc(Cl)cc21. The van der Waals surface area contributed by atoms with Crippen molar-refractivity contribution in [2.45, 2.75) is 18.6 Å². The highest BCUT2D eigenvalue weighted by Crippen LogP contribution is 2.37. The number of aromatic nitrogens is 3. The molecule has 8 heteroatoms. The molecule has 0 aromatic carbocycles. The third kappa shape index (κ3) is 2.18. The van der Waals surface area contributed by atoms with Crippen LogP contribution in [0.3, 0.4) is 0 Å². The summed E-state index contributed by atoms with van der Waals surface area (Å²) in [5, 5.41) is 0.512. The zero-order valence-corrected chi connectivity index (χ0v) is 14.4. The van der Waals surface area contributed by atoms with Crippen molar-refractivity contribution in [1.82, 2.24) is 14.5 Å². The normalized spacial score (nSPS) is 26.8. The Bertz CT molecular complexity index is 788. The highest BCUT2D eigenvalue weighted by atomic mass is 35.5. The lowest BCUT2D eigenvalue weighted by molar-refractivity contribution is 0.0990. The molecule has 0 saturated carbocycles. The van der Waals surface area contributed by atoms with Gasteiger partial charge in [-0.05, 0) is 6.42 Å². The van der Waals surface area contributed by atoms with Crippen LogP contribution in [0.1, 0.15) is 6.42 Å². The maximum absolute atomic E-state index is 6.33. The highest BCUT2D eigenvalue weighted by molar-refractivity contribution is 6.30. The van der Waals surface area contributed by atoms with Crippen LogP contribution in [0.25, 0.3) is 11.0 Å². The third-order valence-corrected chi connectivity index (χ3v) is 5.46. The minimum atomic E-state index is 0.313. The third-order valence-electron chi connectivity index (χ3n) is 5.26. The second kappa shape index (κ2) is 5.47. The summed E-state index contributed by atoms with van der Waals surface area (Å²) >= 11 is 6.33. The smallest absolute Gasteiger partial charge is 0.206 e. The number of fused-ring (bicyclic) bond motifs is 3. The Morgan fingerprint density at radius 1 is 1.25 bits per heavy atom. The summed E-state index contributed by atoms with van der Waals surface area (Å²) in [6.07, 6.45) is 1.38. The van der Waals surface area contributed by atoms with E-state index in [1.54, 1.807) is 0 Å². The Hall–Kier alpha value is -1.57. The topological polar surface area (TPSA) is 55.7 Å². The summed E-state index contributed by atoms with van der Waals surface area (Å²) in [6, 6.07) is 2.29. The van der Waals surface area contributed by atoms with Gasteiger partial charge in [0.1, 0.15) is 10.7 Å². The van der Waals surface area contributed by atoms with Crippen LogP contribution in [0.2, 0.25) is 5.15 Å². The quantitative estimate of drug-likeness (QED) is 0.765. The second-order valence-corrected chi connectivity index (χ2v) is 7.09. The number of ether oxygens (including phenoxy) is 2. The predicted molar refractivity (Wildman–Crippen MR) is 92.0 cm³/mol. The highest BCUT2D eigenvalue weighted by Gasteiger charge is 2.40. The van der Waals surface area contributed by atoms with E-state index in [4.69, 9.17) is 26.1 Å². The minimum Gasteiger partial charge on any atom is -0.378 e. The number of imidazole rings is 1. The number of aryl methyl sites for hydroxylation is 1. The zero-order chi connectivity index (χ0) is 16.3. The van der Waals surface area contributed by atoms with Gasteiger partial charge >= 0.3 is 0 Å². The molecule has 0 radical (unpaired) electrons. The fraction of sp³-hybridized carbons (Fsp3) is 0.625. The van der Waals surface area contributed by atoms with Crippen LogP contribution in [0.4, 0.5) is 11.8 Å². The van der Waals surface area contributed by atoms with Gasteiger partial charge in [0.2, 0.25) is 5.95 Å². The first kappa shape index (κ1) is 14.7. The average molecular weight is 350 g/mol. The Labute approximate surface area is 145 Å². The summed E-state index contributed by atoms with van der Waals surface area (Å²) in [4.78, 5) is 14.1. The summed E-state index contributed by atoms with van der Waals surface area (Å²) < 4.78 is 13.3. The lowest BCUT2D eigenvalue weighted by Crippen LogP contribution is -2.38. The molecular weight excluding hydrogens is 330 g/mol. The second-order valence-electron chi connectivity index (χ2n) is 6.70. The first-order chi connectivity index (χ1) is 11.7. The largest absolute Gasteiger partial charge is 0.378 e. The zero-order valence-electron chi connectivity index (χ0n) is 13.6. The van der Waals surface area contributed by atoms with E-state index in [-0.39, 0.29) is 0 Å². The Morgan fingerprint density at radius 2 is 2.08 bits per heavy atom. The van der Waals surface area contributed by atoms with Crippen molar-refractivity contribution in [3.05, 3.63) is 11.2 Å². The fourth-order valence-electron chi connectivity index (χ4n) is 4.03. The molecule has 2 aromatic heterocycles. The number of pyridine rings is 1. The molecular formula is C16H20ClN5O2. The van der Waals surface area contributed by atoms with Crippen molar-refractivity contribution in [2.24, 2.45) is 7.05 Å². The van der Waals surface area contributed by atoms with Crippen molar-refractivity contribution in [3.63, 3.8) is 0 Å². The van der Waals surface area contributed by atoms with Gasteiger partial charge in [0, 0.05) is 32.7 Å². The monoisotopic (exact) mass is 349 g/mol. The predicted octanol–water partition coefficient (Wildman–Crippen LogP) is 1.44. The number of nitrogens with zero attached hydrogens (tertiary/aromatic N) is 5. The van der Waals surface area contributed by atoms with E-state index in [0.717, 1.165) is 68.7 Å². The maximum atomic E-state index is 6.33. The van der Waals surface area contributed by atoms with Gasteiger partial charge in [0.25, 0.3) is 0 Å². The molecule has 0 amide bonds. The Morgan fingerprint density at radius 3 is 2.79 bits per heavy atom. The lowest BCUT2D eigenvalue weighted by Gasteiger charge is -2.28. The molecule has 0 unspecified atom stereocenters. The molecule has 7 nitrogen and oxygen atoms in total. The van der Waals surface area contributed by atoms with Crippen LogP contribution < -0.4 is 9.80 Å². The maximum Gasteiger partial charge on any atom is 0.206 e. The van der Waals surface area contributed by atoms with Crippen molar-refractivity contribution in [3.8, 4) is 0 Å². The molecule has 0 aliphatic carbocycles. The van der Waals surface area contributed by atoms with Crippen molar-refractivity contribution < 1.29 is 9.47 Å². The first-order valence-corrected chi connectivity index (χ1v) is 8.82. The first-order valence-electron chi connectivity index (χ1n) is 8.44. The molecule has 3 saturated heterocycles. The molecule has 0 N–H and O–H groups in total. The molecule has 5 rings (SSSR count). The van der Waals surface area contributed by atoms with Crippen LogP contribution in [0.15, 0.2) is 6.07 Å². The molecule has 2 aromatic rings. The number of hydrogen-bond donors (Lipinski definition) is 0. The van der Waals surface area contributed by atoms with Crippen LogP contribution in [-0.2, 0) is 16.5 Å². The Balaban J connectivity index is 1.62. The number of halogens is 1. The average Bonchev–Trinajstić information content (AvgIpc) is 3.30. The van der Waals surface area contributed by atoms with Gasteiger partial charge in [-0.1, -0.05) is 11.6 Å². The summed E-state index contributed by atoms with van der Waals surface area (Å²) in [7, 11) is 2.04. The summed E-state index contributed by atoms with van der Waals surface area (Å²) in [5.41, 5.74) is 1.95. The molecule has 2 atom stereocenters. The van der Waals surface area contributed by atoms with Gasteiger partial charge in [-0.2, -0.15) is 0 Å². The van der Waals surface area contributed by atoms with E-state index in [9.17, 15) is 0 Å². The van der Waals surface area contributed by atoms with E-state index >= 15 is 0 Å². The van der Waals surface area contributed by atoms with Crippen molar-refractivity contribution in [1.29, 1.82) is 0 Å². The minimum absolute atomic E-state index is 0.313. The number of anilines is 2. The molecule has 128 valence electrons. The standard InChI is InChI=1S/C16H20ClN5O2/c1-20-12-7-13(17)18-15(22-8-11-6-10(22)9-24-11)14(12)19-16(20)21-2-4-23-5-3-21/h7,10-11H,2-6,8-9H2,1H3/t10-,11-/m1/s1. The molecule has 24 heavy (non-hydrogen) atoms. The van der Waals surface area contributed by atoms with Gasteiger partial charge < -0.3 is 23.8 Å². The summed E-state index contributed by atoms with van der Waals surface area (Å²) in [5.74, 6) is 1.85. The number of hydrogen-bond acceptors (Lipinski definition) is 6. The fourth-order valence-corrected chi connectivity index (χ4v) is 4.22. The summed E-state index contributed by atoms with van der Waals surface area (Å²) in [6.45, 7) is 4.83. The van der Waals surface area contributed by atoms with Gasteiger partial charge in [-0.15, -0.1) is 0 Å². The van der Waals surface area contributed by atoms with E-state index in [1.165, 1.54) is 0 Å². The van der Waals surface area contributed by atoms with Crippen molar-refractivity contribution >= 4 is 34.4 Å². The van der Waals surface area contributed by atoms with Gasteiger partial charge in [0.05, 0.1) is 37.5 Å². The molecule has 0 spiro atoms. The van der Waals surface area contributed by atoms with Crippen LogP contribution in [0, 0.1) is 0 Å². The van der Waals surface area contributed by atoms with Gasteiger partial charge in [-0.3, -0.25) is 0 Å². The van der Waals surface area contributed by atoms with Crippen LogP contribution >= 0.6 is 11.6 Å². The lowest BCUT2D eigenvalue weighted by atomic mass is 10.2. The molecule has 5 heterocycles. The van der Waals surface area contributed by atoms with E-state index in [0.29, 0.717) is 17.3 Å². The number of morpholine rings is 2.